The van der Waals surface area contributed by atoms with Crippen LogP contribution >= 0.6 is 11.3 Å². The Kier molecular flexibility index (Phi) is 4.79. The molecule has 23 heavy (non-hydrogen) atoms. The fourth-order valence-corrected chi connectivity index (χ4v) is 3.03. The Morgan fingerprint density at radius 3 is 2.83 bits per heavy atom. The molecule has 0 aromatic carbocycles. The van der Waals surface area contributed by atoms with Gasteiger partial charge in [-0.1, -0.05) is 11.3 Å². The number of thiazole rings is 1. The zero-order chi connectivity index (χ0) is 16.1. The van der Waals surface area contributed by atoms with Gasteiger partial charge in [0.1, 0.15) is 10.7 Å². The van der Waals surface area contributed by atoms with Crippen molar-refractivity contribution < 1.29 is 4.74 Å². The molecule has 120 valence electrons. The SMILES string of the molecule is CNc1sc(N(CCOC)c2ncccn2)nc1-c1cn[nH]c1. The van der Waals surface area contributed by atoms with Gasteiger partial charge < -0.3 is 10.1 Å². The summed E-state index contributed by atoms with van der Waals surface area (Å²) in [4.78, 5) is 15.3. The van der Waals surface area contributed by atoms with Gasteiger partial charge in [-0.25, -0.2) is 15.0 Å². The van der Waals surface area contributed by atoms with E-state index in [-0.39, 0.29) is 0 Å². The predicted octanol–water partition coefficient (Wildman–Crippen LogP) is 2.15. The van der Waals surface area contributed by atoms with Gasteiger partial charge in [0.2, 0.25) is 5.95 Å². The van der Waals surface area contributed by atoms with E-state index in [1.165, 1.54) is 11.3 Å². The van der Waals surface area contributed by atoms with Crippen molar-refractivity contribution >= 4 is 27.4 Å². The number of methoxy groups -OCH3 is 1. The van der Waals surface area contributed by atoms with E-state index in [4.69, 9.17) is 9.72 Å². The molecule has 0 atom stereocenters. The molecule has 3 aromatic heterocycles. The zero-order valence-electron chi connectivity index (χ0n) is 12.9. The minimum atomic E-state index is 0.549. The number of anilines is 3. The molecule has 0 unspecified atom stereocenters. The lowest BCUT2D eigenvalue weighted by molar-refractivity contribution is 0.207. The lowest BCUT2D eigenvalue weighted by Crippen LogP contribution is -2.23. The van der Waals surface area contributed by atoms with Crippen LogP contribution < -0.4 is 10.2 Å². The van der Waals surface area contributed by atoms with Crippen molar-refractivity contribution in [2.45, 2.75) is 0 Å². The molecule has 0 saturated carbocycles. The van der Waals surface area contributed by atoms with Gasteiger partial charge in [-0.2, -0.15) is 5.10 Å². The number of hydrogen-bond donors (Lipinski definition) is 2. The van der Waals surface area contributed by atoms with Crippen LogP contribution in [0.25, 0.3) is 11.3 Å². The van der Waals surface area contributed by atoms with Crippen molar-refractivity contribution in [3.8, 4) is 11.3 Å². The molecule has 0 aliphatic rings. The summed E-state index contributed by atoms with van der Waals surface area (Å²) in [6.45, 7) is 1.16. The van der Waals surface area contributed by atoms with E-state index in [1.807, 2.05) is 18.1 Å². The van der Waals surface area contributed by atoms with Crippen LogP contribution in [0.15, 0.2) is 30.9 Å². The first kappa shape index (κ1) is 15.4. The first-order valence-corrected chi connectivity index (χ1v) is 7.86. The monoisotopic (exact) mass is 331 g/mol. The number of aromatic nitrogens is 5. The fourth-order valence-electron chi connectivity index (χ4n) is 2.06. The molecule has 0 aliphatic carbocycles. The lowest BCUT2D eigenvalue weighted by atomic mass is 10.3. The molecule has 0 spiro atoms. The average Bonchev–Trinajstić information content (AvgIpc) is 3.25. The highest BCUT2D eigenvalue weighted by Crippen LogP contribution is 2.38. The topological polar surface area (TPSA) is 91.8 Å². The Bertz CT molecular complexity index is 729. The number of hydrogen-bond acceptors (Lipinski definition) is 8. The summed E-state index contributed by atoms with van der Waals surface area (Å²) < 4.78 is 5.20. The van der Waals surface area contributed by atoms with E-state index in [9.17, 15) is 0 Å². The maximum atomic E-state index is 5.20. The van der Waals surface area contributed by atoms with Crippen LogP contribution in [0.3, 0.4) is 0 Å². The molecule has 9 heteroatoms. The standard InChI is InChI=1S/C14H17N7OS/c1-15-12-11(10-8-18-19-9-10)20-14(23-12)21(6-7-22-2)13-16-4-3-5-17-13/h3-5,8-9,15H,6-7H2,1-2H3,(H,18,19). The van der Waals surface area contributed by atoms with Crippen LogP contribution in [-0.2, 0) is 4.74 Å². The van der Waals surface area contributed by atoms with Gasteiger partial charge in [-0.3, -0.25) is 10.00 Å². The summed E-state index contributed by atoms with van der Waals surface area (Å²) in [5, 5.41) is 11.7. The largest absolute Gasteiger partial charge is 0.383 e. The van der Waals surface area contributed by atoms with Gasteiger partial charge >= 0.3 is 0 Å². The quantitative estimate of drug-likeness (QED) is 0.685. The second kappa shape index (κ2) is 7.16. The summed E-state index contributed by atoms with van der Waals surface area (Å²) >= 11 is 1.54. The summed E-state index contributed by atoms with van der Waals surface area (Å²) in [7, 11) is 3.54. The molecule has 0 aliphatic heterocycles. The fraction of sp³-hybridized carbons (Fsp3) is 0.286. The molecule has 0 amide bonds. The first-order valence-electron chi connectivity index (χ1n) is 7.04. The van der Waals surface area contributed by atoms with Crippen LogP contribution in [-0.4, -0.2) is 52.5 Å². The van der Waals surface area contributed by atoms with Gasteiger partial charge in [0.05, 0.1) is 19.3 Å². The number of nitrogens with one attached hydrogen (secondary N) is 2. The van der Waals surface area contributed by atoms with E-state index in [2.05, 4.69) is 25.5 Å². The van der Waals surface area contributed by atoms with Crippen LogP contribution in [0.2, 0.25) is 0 Å². The van der Waals surface area contributed by atoms with E-state index in [1.54, 1.807) is 31.8 Å². The molecule has 3 rings (SSSR count). The van der Waals surface area contributed by atoms with Crippen LogP contribution in [0, 0.1) is 0 Å². The molecule has 0 bridgehead atoms. The molecule has 0 radical (unpaired) electrons. The minimum Gasteiger partial charge on any atom is -0.383 e. The molecule has 2 N–H and O–H groups in total. The maximum absolute atomic E-state index is 5.20. The van der Waals surface area contributed by atoms with Gasteiger partial charge in [-0.15, -0.1) is 0 Å². The summed E-state index contributed by atoms with van der Waals surface area (Å²) in [5.41, 5.74) is 1.78. The molecule has 0 saturated heterocycles. The van der Waals surface area contributed by atoms with Crippen molar-refractivity contribution in [2.24, 2.45) is 0 Å². The maximum Gasteiger partial charge on any atom is 0.231 e. The van der Waals surface area contributed by atoms with Crippen LogP contribution in [0.4, 0.5) is 16.1 Å². The normalized spacial score (nSPS) is 10.7. The Labute approximate surface area is 137 Å². The predicted molar refractivity (Wildman–Crippen MR) is 90.2 cm³/mol. The molecule has 0 fully saturated rings. The van der Waals surface area contributed by atoms with Gasteiger partial charge in [0.25, 0.3) is 0 Å². The third-order valence-electron chi connectivity index (χ3n) is 3.16. The van der Waals surface area contributed by atoms with E-state index in [0.29, 0.717) is 19.1 Å². The Morgan fingerprint density at radius 1 is 1.35 bits per heavy atom. The summed E-state index contributed by atoms with van der Waals surface area (Å²) in [6.07, 6.45) is 6.99. The number of aromatic amines is 1. The number of H-pyrrole nitrogens is 1. The van der Waals surface area contributed by atoms with E-state index < -0.39 is 0 Å². The van der Waals surface area contributed by atoms with E-state index in [0.717, 1.165) is 21.4 Å². The number of nitrogens with zero attached hydrogens (tertiary/aromatic N) is 5. The lowest BCUT2D eigenvalue weighted by Gasteiger charge is -2.18. The second-order valence-corrected chi connectivity index (χ2v) is 5.58. The van der Waals surface area contributed by atoms with Crippen molar-refractivity contribution in [1.82, 2.24) is 25.1 Å². The highest BCUT2D eigenvalue weighted by atomic mass is 32.1. The molecular formula is C14H17N7OS. The Balaban J connectivity index is 1.99. The molecule has 3 heterocycles. The third kappa shape index (κ3) is 3.30. The molecule has 8 nitrogen and oxygen atoms in total. The van der Waals surface area contributed by atoms with Crippen molar-refractivity contribution in [2.75, 3.05) is 37.5 Å². The van der Waals surface area contributed by atoms with Crippen molar-refractivity contribution in [3.05, 3.63) is 30.9 Å². The molecular weight excluding hydrogens is 314 g/mol. The Morgan fingerprint density at radius 2 is 2.17 bits per heavy atom. The van der Waals surface area contributed by atoms with Gasteiger partial charge in [-0.05, 0) is 6.07 Å². The van der Waals surface area contributed by atoms with E-state index >= 15 is 0 Å². The van der Waals surface area contributed by atoms with Crippen LogP contribution in [0.5, 0.6) is 0 Å². The highest BCUT2D eigenvalue weighted by Gasteiger charge is 2.20. The summed E-state index contributed by atoms with van der Waals surface area (Å²) in [6, 6.07) is 1.79. The summed E-state index contributed by atoms with van der Waals surface area (Å²) in [5.74, 6) is 0.597. The molecule has 3 aromatic rings. The first-order chi connectivity index (χ1) is 11.3. The third-order valence-corrected chi connectivity index (χ3v) is 4.25. The smallest absolute Gasteiger partial charge is 0.231 e. The van der Waals surface area contributed by atoms with Gasteiger partial charge in [0, 0.05) is 38.3 Å². The minimum absolute atomic E-state index is 0.549. The van der Waals surface area contributed by atoms with Crippen molar-refractivity contribution in [1.29, 1.82) is 0 Å². The van der Waals surface area contributed by atoms with Crippen LogP contribution in [0.1, 0.15) is 0 Å². The number of rotatable bonds is 7. The average molecular weight is 331 g/mol. The second-order valence-electron chi connectivity index (χ2n) is 4.60. The van der Waals surface area contributed by atoms with Crippen molar-refractivity contribution in [3.63, 3.8) is 0 Å². The van der Waals surface area contributed by atoms with Gasteiger partial charge in [0.15, 0.2) is 5.13 Å². The zero-order valence-corrected chi connectivity index (χ0v) is 13.7. The highest BCUT2D eigenvalue weighted by molar-refractivity contribution is 7.20. The Hall–Kier alpha value is -2.52. The number of ether oxygens (including phenoxy) is 1.